The van der Waals surface area contributed by atoms with Crippen molar-refractivity contribution in [3.8, 4) is 0 Å². The highest BCUT2D eigenvalue weighted by molar-refractivity contribution is 4.80. The maximum absolute atomic E-state index is 8.40. The molecule has 10 heavy (non-hydrogen) atoms. The van der Waals surface area contributed by atoms with Crippen molar-refractivity contribution in [2.75, 3.05) is 6.61 Å². The Morgan fingerprint density at radius 3 is 2.60 bits per heavy atom. The number of allylic oxidation sites excluding steroid dienone is 1. The summed E-state index contributed by atoms with van der Waals surface area (Å²) in [5, 5.41) is 8.40. The topological polar surface area (TPSA) is 20.2 Å². The van der Waals surface area contributed by atoms with Crippen LogP contribution in [0.15, 0.2) is 12.2 Å². The number of rotatable bonds is 5. The van der Waals surface area contributed by atoms with Crippen molar-refractivity contribution in [1.29, 1.82) is 0 Å². The predicted octanol–water partition coefficient (Wildman–Crippen LogP) is 2.36. The van der Waals surface area contributed by atoms with Crippen molar-refractivity contribution in [2.24, 2.45) is 5.92 Å². The lowest BCUT2D eigenvalue weighted by Gasteiger charge is -2.03. The van der Waals surface area contributed by atoms with Crippen LogP contribution in [0.4, 0.5) is 0 Å². The lowest BCUT2D eigenvalue weighted by molar-refractivity contribution is 0.342. The van der Waals surface area contributed by atoms with E-state index in [1.165, 1.54) is 12.8 Å². The molecule has 0 aliphatic carbocycles. The molecule has 1 N–H and O–H groups in total. The number of aliphatic hydroxyl groups is 1. The maximum Gasteiger partial charge on any atom is 0.0612 e. The molecule has 0 aromatic carbocycles. The van der Waals surface area contributed by atoms with Gasteiger partial charge in [-0.3, -0.25) is 0 Å². The van der Waals surface area contributed by atoms with Crippen molar-refractivity contribution in [3.05, 3.63) is 12.2 Å². The molecule has 1 unspecified atom stereocenters. The van der Waals surface area contributed by atoms with E-state index in [-0.39, 0.29) is 6.61 Å². The Morgan fingerprint density at radius 2 is 2.10 bits per heavy atom. The Morgan fingerprint density at radius 1 is 1.40 bits per heavy atom. The summed E-state index contributed by atoms with van der Waals surface area (Å²) >= 11 is 0. The third-order valence-electron chi connectivity index (χ3n) is 1.80. The minimum Gasteiger partial charge on any atom is -0.392 e. The molecule has 1 heteroatoms. The van der Waals surface area contributed by atoms with Crippen LogP contribution in [0.25, 0.3) is 0 Å². The van der Waals surface area contributed by atoms with E-state index < -0.39 is 0 Å². The SMILES string of the molecule is CCC(C)CCC=CCO. The van der Waals surface area contributed by atoms with Crippen LogP contribution < -0.4 is 0 Å². The summed E-state index contributed by atoms with van der Waals surface area (Å²) in [4.78, 5) is 0. The summed E-state index contributed by atoms with van der Waals surface area (Å²) in [6, 6.07) is 0. The van der Waals surface area contributed by atoms with Crippen LogP contribution in [0.1, 0.15) is 33.1 Å². The molecule has 0 spiro atoms. The second-order valence-corrected chi connectivity index (χ2v) is 2.74. The van der Waals surface area contributed by atoms with Crippen molar-refractivity contribution >= 4 is 0 Å². The second kappa shape index (κ2) is 6.81. The van der Waals surface area contributed by atoms with Gasteiger partial charge in [-0.25, -0.2) is 0 Å². The normalized spacial score (nSPS) is 14.3. The van der Waals surface area contributed by atoms with Crippen LogP contribution >= 0.6 is 0 Å². The lowest BCUT2D eigenvalue weighted by atomic mass is 10.0. The van der Waals surface area contributed by atoms with Gasteiger partial charge >= 0.3 is 0 Å². The average molecular weight is 142 g/mol. The second-order valence-electron chi connectivity index (χ2n) is 2.74. The summed E-state index contributed by atoms with van der Waals surface area (Å²) in [6.07, 6.45) is 7.46. The van der Waals surface area contributed by atoms with Crippen molar-refractivity contribution < 1.29 is 5.11 Å². The highest BCUT2D eigenvalue weighted by Gasteiger charge is 1.94. The fourth-order valence-corrected chi connectivity index (χ4v) is 0.777. The Labute approximate surface area is 63.8 Å². The molecule has 0 aromatic rings. The molecule has 0 bridgehead atoms. The van der Waals surface area contributed by atoms with Crippen LogP contribution in [-0.2, 0) is 0 Å². The van der Waals surface area contributed by atoms with Crippen molar-refractivity contribution in [1.82, 2.24) is 0 Å². The van der Waals surface area contributed by atoms with Gasteiger partial charge < -0.3 is 5.11 Å². The van der Waals surface area contributed by atoms with E-state index in [2.05, 4.69) is 13.8 Å². The first-order valence-electron chi connectivity index (χ1n) is 4.07. The fourth-order valence-electron chi connectivity index (χ4n) is 0.777. The molecule has 0 rings (SSSR count). The van der Waals surface area contributed by atoms with E-state index in [1.54, 1.807) is 0 Å². The summed E-state index contributed by atoms with van der Waals surface area (Å²) < 4.78 is 0. The van der Waals surface area contributed by atoms with Crippen LogP contribution in [0.5, 0.6) is 0 Å². The minimum atomic E-state index is 0.181. The molecule has 0 saturated carbocycles. The Kier molecular flexibility index (Phi) is 6.61. The Balaban J connectivity index is 3.10. The van der Waals surface area contributed by atoms with Gasteiger partial charge in [0.2, 0.25) is 0 Å². The molecular formula is C9H18O. The van der Waals surface area contributed by atoms with E-state index in [4.69, 9.17) is 5.11 Å². The minimum absolute atomic E-state index is 0.181. The first-order valence-corrected chi connectivity index (χ1v) is 4.07. The molecule has 60 valence electrons. The largest absolute Gasteiger partial charge is 0.392 e. The zero-order chi connectivity index (χ0) is 7.82. The van der Waals surface area contributed by atoms with E-state index in [0.717, 1.165) is 12.3 Å². The third-order valence-corrected chi connectivity index (χ3v) is 1.80. The van der Waals surface area contributed by atoms with Gasteiger partial charge in [-0.1, -0.05) is 32.4 Å². The molecule has 0 radical (unpaired) electrons. The molecule has 0 saturated heterocycles. The highest BCUT2D eigenvalue weighted by atomic mass is 16.2. The fraction of sp³-hybridized carbons (Fsp3) is 0.778. The zero-order valence-corrected chi connectivity index (χ0v) is 7.01. The van der Waals surface area contributed by atoms with Gasteiger partial charge in [0, 0.05) is 0 Å². The van der Waals surface area contributed by atoms with E-state index in [0.29, 0.717) is 0 Å². The molecule has 0 heterocycles. The van der Waals surface area contributed by atoms with Crippen molar-refractivity contribution in [2.45, 2.75) is 33.1 Å². The summed E-state index contributed by atoms with van der Waals surface area (Å²) in [6.45, 7) is 4.65. The Hall–Kier alpha value is -0.300. The molecule has 0 aliphatic rings. The zero-order valence-electron chi connectivity index (χ0n) is 7.01. The van der Waals surface area contributed by atoms with E-state index in [9.17, 15) is 0 Å². The van der Waals surface area contributed by atoms with Crippen LogP contribution in [0, 0.1) is 5.92 Å². The number of aliphatic hydroxyl groups excluding tert-OH is 1. The van der Waals surface area contributed by atoms with Gasteiger partial charge in [0.05, 0.1) is 6.61 Å². The molecular weight excluding hydrogens is 124 g/mol. The van der Waals surface area contributed by atoms with E-state index >= 15 is 0 Å². The highest BCUT2D eigenvalue weighted by Crippen LogP contribution is 2.08. The molecule has 1 nitrogen and oxygen atoms in total. The van der Waals surface area contributed by atoms with Gasteiger partial charge in [-0.2, -0.15) is 0 Å². The smallest absolute Gasteiger partial charge is 0.0612 e. The van der Waals surface area contributed by atoms with Crippen LogP contribution in [0.3, 0.4) is 0 Å². The van der Waals surface area contributed by atoms with Gasteiger partial charge in [0.25, 0.3) is 0 Å². The van der Waals surface area contributed by atoms with Crippen LogP contribution in [-0.4, -0.2) is 11.7 Å². The van der Waals surface area contributed by atoms with Crippen LogP contribution in [0.2, 0.25) is 0 Å². The first kappa shape index (κ1) is 9.70. The molecule has 0 aliphatic heterocycles. The number of hydrogen-bond acceptors (Lipinski definition) is 1. The summed E-state index contributed by atoms with van der Waals surface area (Å²) in [7, 11) is 0. The average Bonchev–Trinajstić information content (AvgIpc) is 1.98. The van der Waals surface area contributed by atoms with Gasteiger partial charge in [-0.05, 0) is 18.8 Å². The molecule has 0 fully saturated rings. The standard InChI is InChI=1S/C9H18O/c1-3-9(2)7-5-4-6-8-10/h4,6,9-10H,3,5,7-8H2,1-2H3. The number of hydrogen-bond donors (Lipinski definition) is 1. The van der Waals surface area contributed by atoms with E-state index in [1.807, 2.05) is 12.2 Å². The first-order chi connectivity index (χ1) is 4.81. The molecule has 0 aromatic heterocycles. The monoisotopic (exact) mass is 142 g/mol. The third kappa shape index (κ3) is 5.83. The van der Waals surface area contributed by atoms with Gasteiger partial charge in [-0.15, -0.1) is 0 Å². The maximum atomic E-state index is 8.40. The van der Waals surface area contributed by atoms with Crippen molar-refractivity contribution in [3.63, 3.8) is 0 Å². The summed E-state index contributed by atoms with van der Waals surface area (Å²) in [5.74, 6) is 0.823. The van der Waals surface area contributed by atoms with Gasteiger partial charge in [0.15, 0.2) is 0 Å². The predicted molar refractivity (Wildman–Crippen MR) is 44.9 cm³/mol. The lowest BCUT2D eigenvalue weighted by Crippen LogP contribution is -1.89. The van der Waals surface area contributed by atoms with Gasteiger partial charge in [0.1, 0.15) is 0 Å². The Bertz CT molecular complexity index is 86.7. The quantitative estimate of drug-likeness (QED) is 0.584. The molecule has 1 atom stereocenters. The molecule has 0 amide bonds. The summed E-state index contributed by atoms with van der Waals surface area (Å²) in [5.41, 5.74) is 0.